The molecule has 3 N–H and O–H groups in total. The summed E-state index contributed by atoms with van der Waals surface area (Å²) in [6.07, 6.45) is 0.698. The molecule has 1 atom stereocenters. The highest BCUT2D eigenvalue weighted by molar-refractivity contribution is 5.48. The Morgan fingerprint density at radius 1 is 1.28 bits per heavy atom. The molecule has 102 valence electrons. The molecular weight excluding hydrogens is 228 g/mol. The lowest BCUT2D eigenvalue weighted by molar-refractivity contribution is 0.282. The Labute approximate surface area is 109 Å². The number of nitrogens with one attached hydrogen (secondary N) is 2. The molecule has 5 nitrogen and oxygen atoms in total. The van der Waals surface area contributed by atoms with Gasteiger partial charge in [-0.05, 0) is 13.3 Å². The minimum atomic E-state index is -0.0937. The van der Waals surface area contributed by atoms with Crippen LogP contribution in [0.2, 0.25) is 0 Å². The van der Waals surface area contributed by atoms with Crippen LogP contribution in [-0.4, -0.2) is 34.8 Å². The van der Waals surface area contributed by atoms with Crippen LogP contribution in [0.4, 0.5) is 11.6 Å². The van der Waals surface area contributed by atoms with Crippen LogP contribution in [-0.2, 0) is 5.41 Å². The zero-order valence-corrected chi connectivity index (χ0v) is 11.9. The molecule has 1 rings (SSSR count). The Morgan fingerprint density at radius 2 is 1.89 bits per heavy atom. The van der Waals surface area contributed by atoms with Crippen LogP contribution in [0.15, 0.2) is 6.07 Å². The summed E-state index contributed by atoms with van der Waals surface area (Å²) < 4.78 is 0. The fourth-order valence-electron chi connectivity index (χ4n) is 1.50. The summed E-state index contributed by atoms with van der Waals surface area (Å²) in [7, 11) is 1.84. The zero-order chi connectivity index (χ0) is 13.8. The smallest absolute Gasteiger partial charge is 0.138 e. The molecule has 1 aromatic heterocycles. The van der Waals surface area contributed by atoms with E-state index in [9.17, 15) is 0 Å². The van der Waals surface area contributed by atoms with Gasteiger partial charge in [0.1, 0.15) is 17.5 Å². The van der Waals surface area contributed by atoms with Gasteiger partial charge in [-0.2, -0.15) is 0 Å². The van der Waals surface area contributed by atoms with Crippen molar-refractivity contribution in [2.24, 2.45) is 0 Å². The lowest BCUT2D eigenvalue weighted by Gasteiger charge is -2.20. The van der Waals surface area contributed by atoms with Crippen molar-refractivity contribution in [3.05, 3.63) is 11.9 Å². The van der Waals surface area contributed by atoms with Gasteiger partial charge in [-0.3, -0.25) is 0 Å². The predicted octanol–water partition coefficient (Wildman–Crippen LogP) is 2.00. The first kappa shape index (κ1) is 14.7. The molecule has 0 spiro atoms. The molecule has 18 heavy (non-hydrogen) atoms. The molecule has 0 aliphatic rings. The monoisotopic (exact) mass is 252 g/mol. The second kappa shape index (κ2) is 6.00. The third kappa shape index (κ3) is 4.14. The Kier molecular flexibility index (Phi) is 4.90. The maximum absolute atomic E-state index is 8.91. The molecular formula is C13H24N4O. The fourth-order valence-corrected chi connectivity index (χ4v) is 1.50. The average Bonchev–Trinajstić information content (AvgIpc) is 2.27. The summed E-state index contributed by atoms with van der Waals surface area (Å²) in [5.74, 6) is 2.39. The van der Waals surface area contributed by atoms with Gasteiger partial charge in [0, 0.05) is 31.2 Å². The summed E-state index contributed by atoms with van der Waals surface area (Å²) >= 11 is 0. The van der Waals surface area contributed by atoms with Crippen molar-refractivity contribution in [2.75, 3.05) is 24.3 Å². The van der Waals surface area contributed by atoms with Gasteiger partial charge in [-0.1, -0.05) is 20.8 Å². The molecule has 0 saturated heterocycles. The molecule has 0 saturated carbocycles. The van der Waals surface area contributed by atoms with E-state index in [0.29, 0.717) is 6.42 Å². The second-order valence-electron chi connectivity index (χ2n) is 5.52. The Bertz CT molecular complexity index is 387. The van der Waals surface area contributed by atoms with E-state index in [0.717, 1.165) is 17.5 Å². The number of anilines is 2. The minimum Gasteiger partial charge on any atom is -0.396 e. The van der Waals surface area contributed by atoms with Crippen molar-refractivity contribution in [3.63, 3.8) is 0 Å². The predicted molar refractivity (Wildman–Crippen MR) is 75.1 cm³/mol. The van der Waals surface area contributed by atoms with E-state index in [1.54, 1.807) is 0 Å². The molecule has 0 bridgehead atoms. The van der Waals surface area contributed by atoms with Crippen LogP contribution in [0.1, 0.15) is 39.9 Å². The highest BCUT2D eigenvalue weighted by atomic mass is 16.3. The number of nitrogens with zero attached hydrogens (tertiary/aromatic N) is 2. The van der Waals surface area contributed by atoms with Crippen LogP contribution in [0, 0.1) is 0 Å². The van der Waals surface area contributed by atoms with Gasteiger partial charge < -0.3 is 15.7 Å². The third-order valence-corrected chi connectivity index (χ3v) is 2.61. The van der Waals surface area contributed by atoms with E-state index >= 15 is 0 Å². The van der Waals surface area contributed by atoms with Gasteiger partial charge in [0.25, 0.3) is 0 Å². The molecule has 0 aliphatic heterocycles. The Morgan fingerprint density at radius 3 is 2.39 bits per heavy atom. The quantitative estimate of drug-likeness (QED) is 0.747. The van der Waals surface area contributed by atoms with Gasteiger partial charge in [-0.25, -0.2) is 9.97 Å². The number of aromatic nitrogens is 2. The standard InChI is InChI=1S/C13H24N4O/c1-9(6-7-18)15-11-8-10(14-5)16-12(17-11)13(2,3)4/h8-9,18H,6-7H2,1-5H3,(H2,14,15,16,17). The van der Waals surface area contributed by atoms with E-state index in [4.69, 9.17) is 5.11 Å². The highest BCUT2D eigenvalue weighted by Crippen LogP contribution is 2.22. The van der Waals surface area contributed by atoms with Crippen LogP contribution < -0.4 is 10.6 Å². The zero-order valence-electron chi connectivity index (χ0n) is 11.9. The van der Waals surface area contributed by atoms with Gasteiger partial charge in [0.15, 0.2) is 0 Å². The van der Waals surface area contributed by atoms with Gasteiger partial charge in [0.2, 0.25) is 0 Å². The number of hydrogen-bond acceptors (Lipinski definition) is 5. The first-order valence-electron chi connectivity index (χ1n) is 6.31. The van der Waals surface area contributed by atoms with Gasteiger partial charge >= 0.3 is 0 Å². The average molecular weight is 252 g/mol. The number of aliphatic hydroxyl groups excluding tert-OH is 1. The van der Waals surface area contributed by atoms with Gasteiger partial charge in [0.05, 0.1) is 0 Å². The summed E-state index contributed by atoms with van der Waals surface area (Å²) in [4.78, 5) is 9.00. The third-order valence-electron chi connectivity index (χ3n) is 2.61. The van der Waals surface area contributed by atoms with Crippen molar-refractivity contribution in [1.82, 2.24) is 9.97 Å². The van der Waals surface area contributed by atoms with Crippen molar-refractivity contribution >= 4 is 11.6 Å². The number of rotatable bonds is 5. The van der Waals surface area contributed by atoms with E-state index in [-0.39, 0.29) is 18.1 Å². The second-order valence-corrected chi connectivity index (χ2v) is 5.52. The largest absolute Gasteiger partial charge is 0.396 e. The maximum Gasteiger partial charge on any atom is 0.138 e. The van der Waals surface area contributed by atoms with Crippen LogP contribution in [0.25, 0.3) is 0 Å². The lowest BCUT2D eigenvalue weighted by Crippen LogP contribution is -2.21. The molecule has 0 aliphatic carbocycles. The van der Waals surface area contributed by atoms with Crippen LogP contribution in [0.5, 0.6) is 0 Å². The molecule has 1 unspecified atom stereocenters. The van der Waals surface area contributed by atoms with Crippen molar-refractivity contribution in [2.45, 2.75) is 45.6 Å². The van der Waals surface area contributed by atoms with Crippen LogP contribution in [0.3, 0.4) is 0 Å². The number of aliphatic hydroxyl groups is 1. The maximum atomic E-state index is 8.91. The first-order valence-corrected chi connectivity index (χ1v) is 6.31. The van der Waals surface area contributed by atoms with E-state index in [1.807, 2.05) is 20.0 Å². The van der Waals surface area contributed by atoms with E-state index < -0.39 is 0 Å². The summed E-state index contributed by atoms with van der Waals surface area (Å²) in [6.45, 7) is 8.45. The molecule has 1 heterocycles. The van der Waals surface area contributed by atoms with Crippen LogP contribution >= 0.6 is 0 Å². The molecule has 0 aromatic carbocycles. The molecule has 0 amide bonds. The highest BCUT2D eigenvalue weighted by Gasteiger charge is 2.19. The Hall–Kier alpha value is -1.36. The number of hydrogen-bond donors (Lipinski definition) is 3. The van der Waals surface area contributed by atoms with E-state index in [1.165, 1.54) is 0 Å². The van der Waals surface area contributed by atoms with E-state index in [2.05, 4.69) is 41.4 Å². The lowest BCUT2D eigenvalue weighted by atomic mass is 9.96. The van der Waals surface area contributed by atoms with Gasteiger partial charge in [-0.15, -0.1) is 0 Å². The normalized spacial score (nSPS) is 13.2. The summed E-state index contributed by atoms with van der Waals surface area (Å²) in [5.41, 5.74) is -0.0937. The fraction of sp³-hybridized carbons (Fsp3) is 0.692. The summed E-state index contributed by atoms with van der Waals surface area (Å²) in [6, 6.07) is 2.06. The minimum absolute atomic E-state index is 0.0937. The first-order chi connectivity index (χ1) is 8.36. The Balaban J connectivity index is 2.97. The topological polar surface area (TPSA) is 70.1 Å². The molecule has 1 aromatic rings. The van der Waals surface area contributed by atoms with Crippen molar-refractivity contribution in [3.8, 4) is 0 Å². The molecule has 5 heteroatoms. The van der Waals surface area contributed by atoms with Crippen molar-refractivity contribution in [1.29, 1.82) is 0 Å². The summed E-state index contributed by atoms with van der Waals surface area (Å²) in [5, 5.41) is 15.2. The van der Waals surface area contributed by atoms with Crippen molar-refractivity contribution < 1.29 is 5.11 Å². The molecule has 0 fully saturated rings. The molecule has 0 radical (unpaired) electrons. The SMILES string of the molecule is CNc1cc(NC(C)CCO)nc(C(C)(C)C)n1.